The van der Waals surface area contributed by atoms with Gasteiger partial charge in [-0.3, -0.25) is 14.1 Å². The number of nitrogens with zero attached hydrogens (tertiary/aromatic N) is 4. The quantitative estimate of drug-likeness (QED) is 0.197. The number of fused-ring (bicyclic) bond motifs is 1. The minimum Gasteiger partial charge on any atom is -0.496 e. The lowest BCUT2D eigenvalue weighted by atomic mass is 9.83. The molecule has 2 aromatic carbocycles. The standard InChI is InChI=1S/C35H44N4O6/c1-23-18-31(43-6)29(28-13-15-39(32(23)28)34(41)45-35(2,3)4)22-37-14-12-26(27-20-36-38(21-27)16-17-42-5)19-30(37)24-8-10-25(11-9-24)33(40)44-7/h8-11,13,15,18,20-21,26,30H,12,14,16-17,19,22H2,1-7H3/t26?,30-/m0/s1. The molecule has 0 N–H and O–H groups in total. The highest BCUT2D eigenvalue weighted by atomic mass is 16.6. The third kappa shape index (κ3) is 7.07. The second-order valence-corrected chi connectivity index (χ2v) is 12.7. The van der Waals surface area contributed by atoms with Crippen molar-refractivity contribution in [2.45, 2.75) is 71.2 Å². The number of esters is 1. The number of rotatable bonds is 9. The number of ether oxygens (including phenoxy) is 4. The molecule has 1 fully saturated rings. The molecule has 2 atom stereocenters. The molecule has 0 spiro atoms. The smallest absolute Gasteiger partial charge is 0.419 e. The number of benzene rings is 2. The first-order chi connectivity index (χ1) is 21.5. The van der Waals surface area contributed by atoms with E-state index >= 15 is 0 Å². The topological polar surface area (TPSA) is 97.1 Å². The molecular formula is C35H44N4O6. The summed E-state index contributed by atoms with van der Waals surface area (Å²) in [5.41, 5.74) is 5.00. The Morgan fingerprint density at radius 2 is 1.80 bits per heavy atom. The lowest BCUT2D eigenvalue weighted by Gasteiger charge is -2.40. The van der Waals surface area contributed by atoms with Crippen LogP contribution in [0.3, 0.4) is 0 Å². The number of methoxy groups -OCH3 is 3. The summed E-state index contributed by atoms with van der Waals surface area (Å²) in [5, 5.41) is 5.53. The maximum atomic E-state index is 13.2. The van der Waals surface area contributed by atoms with Crippen LogP contribution in [-0.4, -0.2) is 71.4 Å². The van der Waals surface area contributed by atoms with Crippen LogP contribution in [0.2, 0.25) is 0 Å². The molecule has 0 radical (unpaired) electrons. The van der Waals surface area contributed by atoms with Gasteiger partial charge in [0, 0.05) is 43.0 Å². The lowest BCUT2D eigenvalue weighted by molar-refractivity contribution is 0.0542. The largest absolute Gasteiger partial charge is 0.496 e. The van der Waals surface area contributed by atoms with E-state index in [9.17, 15) is 9.59 Å². The van der Waals surface area contributed by atoms with Gasteiger partial charge in [-0.1, -0.05) is 12.1 Å². The molecule has 1 aliphatic rings. The van der Waals surface area contributed by atoms with Crippen LogP contribution in [0.1, 0.15) is 78.2 Å². The summed E-state index contributed by atoms with van der Waals surface area (Å²) in [6, 6.07) is 11.7. The highest BCUT2D eigenvalue weighted by Gasteiger charge is 2.33. The molecule has 10 nitrogen and oxygen atoms in total. The zero-order valence-corrected chi connectivity index (χ0v) is 27.3. The van der Waals surface area contributed by atoms with Gasteiger partial charge >= 0.3 is 12.1 Å². The van der Waals surface area contributed by atoms with E-state index in [1.165, 1.54) is 12.7 Å². The zero-order chi connectivity index (χ0) is 32.3. The Balaban J connectivity index is 1.50. The van der Waals surface area contributed by atoms with Crippen LogP contribution in [0.4, 0.5) is 4.79 Å². The molecule has 3 heterocycles. The van der Waals surface area contributed by atoms with E-state index in [0.717, 1.165) is 52.7 Å². The molecular weight excluding hydrogens is 572 g/mol. The second-order valence-electron chi connectivity index (χ2n) is 12.7. The Morgan fingerprint density at radius 3 is 2.47 bits per heavy atom. The molecule has 45 heavy (non-hydrogen) atoms. The van der Waals surface area contributed by atoms with Gasteiger partial charge in [0.1, 0.15) is 11.4 Å². The SMILES string of the molecule is COCCn1cc(C2CCN(Cc3c(OC)cc(C)c4c3ccn4C(=O)OC(C)(C)C)[C@H](c3ccc(C(=O)OC)cc3)C2)cn1. The second kappa shape index (κ2) is 13.5. The Morgan fingerprint density at radius 1 is 1.04 bits per heavy atom. The molecule has 240 valence electrons. The number of piperidine rings is 1. The molecule has 1 saturated heterocycles. The normalized spacial score (nSPS) is 17.4. The fourth-order valence-corrected chi connectivity index (χ4v) is 6.28. The Labute approximate surface area is 264 Å². The first-order valence-corrected chi connectivity index (χ1v) is 15.4. The summed E-state index contributed by atoms with van der Waals surface area (Å²) in [6.07, 6.45) is 7.31. The molecule has 10 heteroatoms. The minimum atomic E-state index is -0.613. The summed E-state index contributed by atoms with van der Waals surface area (Å²) >= 11 is 0. The molecule has 0 saturated carbocycles. The van der Waals surface area contributed by atoms with Crippen molar-refractivity contribution >= 4 is 23.0 Å². The first-order valence-electron chi connectivity index (χ1n) is 15.4. The van der Waals surface area contributed by atoms with Crippen molar-refractivity contribution in [2.24, 2.45) is 0 Å². The molecule has 1 aliphatic heterocycles. The van der Waals surface area contributed by atoms with Gasteiger partial charge in [0.25, 0.3) is 0 Å². The fourth-order valence-electron chi connectivity index (χ4n) is 6.28. The van der Waals surface area contributed by atoms with Crippen LogP contribution in [0.5, 0.6) is 5.75 Å². The number of hydrogen-bond acceptors (Lipinski definition) is 8. The van der Waals surface area contributed by atoms with Gasteiger partial charge in [0.05, 0.1) is 44.6 Å². The van der Waals surface area contributed by atoms with Crippen molar-refractivity contribution in [1.82, 2.24) is 19.2 Å². The van der Waals surface area contributed by atoms with Crippen molar-refractivity contribution in [2.75, 3.05) is 34.5 Å². The molecule has 5 rings (SSSR count). The van der Waals surface area contributed by atoms with Gasteiger partial charge < -0.3 is 18.9 Å². The van der Waals surface area contributed by atoms with Crippen LogP contribution < -0.4 is 4.74 Å². The van der Waals surface area contributed by atoms with Gasteiger partial charge in [-0.05, 0) is 94.0 Å². The number of likely N-dealkylation sites (tertiary alicyclic amines) is 1. The molecule has 4 aromatic rings. The highest BCUT2D eigenvalue weighted by molar-refractivity contribution is 5.95. The Bertz CT molecular complexity index is 1650. The van der Waals surface area contributed by atoms with Crippen molar-refractivity contribution in [3.63, 3.8) is 0 Å². The van der Waals surface area contributed by atoms with Crippen LogP contribution in [-0.2, 0) is 27.3 Å². The maximum Gasteiger partial charge on any atom is 0.419 e. The molecule has 0 aliphatic carbocycles. The average molecular weight is 617 g/mol. The van der Waals surface area contributed by atoms with Gasteiger partial charge in [-0.2, -0.15) is 5.10 Å². The summed E-state index contributed by atoms with van der Waals surface area (Å²) in [6.45, 7) is 10.3. The van der Waals surface area contributed by atoms with Crippen molar-refractivity contribution in [3.05, 3.63) is 82.8 Å². The fraction of sp³-hybridized carbons (Fsp3) is 0.457. The van der Waals surface area contributed by atoms with Crippen LogP contribution in [0.25, 0.3) is 10.9 Å². The molecule has 0 amide bonds. The predicted octanol–water partition coefficient (Wildman–Crippen LogP) is 6.49. The van der Waals surface area contributed by atoms with Crippen molar-refractivity contribution < 1.29 is 28.5 Å². The van der Waals surface area contributed by atoms with Crippen molar-refractivity contribution in [1.29, 1.82) is 0 Å². The Kier molecular flexibility index (Phi) is 9.65. The van der Waals surface area contributed by atoms with Crippen molar-refractivity contribution in [3.8, 4) is 5.75 Å². The van der Waals surface area contributed by atoms with Gasteiger partial charge in [0.15, 0.2) is 0 Å². The monoisotopic (exact) mass is 616 g/mol. The van der Waals surface area contributed by atoms with E-state index in [2.05, 4.69) is 16.2 Å². The molecule has 0 bridgehead atoms. The minimum absolute atomic E-state index is 0.0618. The average Bonchev–Trinajstić information content (AvgIpc) is 3.69. The number of carbonyl (C=O) groups excluding carboxylic acids is 2. The highest BCUT2D eigenvalue weighted by Crippen LogP contribution is 2.42. The number of aromatic nitrogens is 3. The number of carbonyl (C=O) groups is 2. The van der Waals surface area contributed by atoms with E-state index in [-0.39, 0.29) is 12.0 Å². The predicted molar refractivity (Wildman–Crippen MR) is 172 cm³/mol. The van der Waals surface area contributed by atoms with Crippen LogP contribution in [0.15, 0.2) is 55.0 Å². The summed E-state index contributed by atoms with van der Waals surface area (Å²) in [5.74, 6) is 0.740. The maximum absolute atomic E-state index is 13.2. The number of hydrogen-bond donors (Lipinski definition) is 0. The van der Waals surface area contributed by atoms with Crippen LogP contribution >= 0.6 is 0 Å². The molecule has 1 unspecified atom stereocenters. The summed E-state index contributed by atoms with van der Waals surface area (Å²) in [4.78, 5) is 27.8. The van der Waals surface area contributed by atoms with Gasteiger partial charge in [-0.25, -0.2) is 9.59 Å². The third-order valence-corrected chi connectivity index (χ3v) is 8.48. The molecule has 2 aromatic heterocycles. The number of aryl methyl sites for hydroxylation is 1. The third-order valence-electron chi connectivity index (χ3n) is 8.48. The van der Waals surface area contributed by atoms with Gasteiger partial charge in [0.2, 0.25) is 0 Å². The van der Waals surface area contributed by atoms with Crippen LogP contribution in [0, 0.1) is 6.92 Å². The first kappa shape index (κ1) is 32.2. The van der Waals surface area contributed by atoms with E-state index in [4.69, 9.17) is 18.9 Å². The summed E-state index contributed by atoms with van der Waals surface area (Å²) in [7, 11) is 4.77. The van der Waals surface area contributed by atoms with E-state index in [1.54, 1.807) is 25.0 Å². The van der Waals surface area contributed by atoms with Gasteiger partial charge in [-0.15, -0.1) is 0 Å². The Hall–Kier alpha value is -4.15. The van der Waals surface area contributed by atoms with E-state index in [0.29, 0.717) is 31.2 Å². The summed E-state index contributed by atoms with van der Waals surface area (Å²) < 4.78 is 25.3. The van der Waals surface area contributed by atoms with E-state index in [1.807, 2.05) is 75.0 Å². The zero-order valence-electron chi connectivity index (χ0n) is 27.3. The van der Waals surface area contributed by atoms with E-state index < -0.39 is 11.7 Å². The lowest BCUT2D eigenvalue weighted by Crippen LogP contribution is -2.36.